The van der Waals surface area contributed by atoms with E-state index in [-0.39, 0.29) is 5.82 Å². The number of nitrogens with one attached hydrogen (secondary N) is 1. The maximum atomic E-state index is 12.6. The molecule has 0 aliphatic rings. The maximum Gasteiger partial charge on any atom is 0.416 e. The number of halogens is 3. The minimum atomic E-state index is -4.37. The summed E-state index contributed by atoms with van der Waals surface area (Å²) in [5, 5.41) is 7.30. The van der Waals surface area contributed by atoms with Crippen molar-refractivity contribution in [3.63, 3.8) is 0 Å². The fourth-order valence-corrected chi connectivity index (χ4v) is 1.47. The van der Waals surface area contributed by atoms with E-state index in [1.807, 2.05) is 0 Å². The predicted octanol–water partition coefficient (Wildman–Crippen LogP) is 2.45. The third kappa shape index (κ3) is 2.57. The second-order valence-corrected chi connectivity index (χ2v) is 3.55. The summed E-state index contributed by atoms with van der Waals surface area (Å²) in [6, 6.07) is 6.49. The number of hydrogen-bond donors (Lipinski definition) is 2. The number of nitrogens with two attached hydrogens (primary N) is 1. The molecular weight excluding hydrogens is 245 g/mol. The Morgan fingerprint density at radius 1 is 1.11 bits per heavy atom. The Hall–Kier alpha value is -2.15. The van der Waals surface area contributed by atoms with Gasteiger partial charge in [-0.05, 0) is 23.8 Å². The highest BCUT2D eigenvalue weighted by Gasteiger charge is 2.30. The first-order chi connectivity index (χ1) is 8.50. The van der Waals surface area contributed by atoms with Gasteiger partial charge in [0.1, 0.15) is 0 Å². The highest BCUT2D eigenvalue weighted by Crippen LogP contribution is 2.32. The molecule has 1 heterocycles. The minimum Gasteiger partial charge on any atom is -0.307 e. The third-order valence-corrected chi connectivity index (χ3v) is 2.33. The molecule has 1 aromatic carbocycles. The lowest BCUT2D eigenvalue weighted by atomic mass is 10.0. The van der Waals surface area contributed by atoms with Crippen LogP contribution in [0.4, 0.5) is 19.0 Å². The number of alkyl halides is 3. The molecule has 7 heteroatoms. The van der Waals surface area contributed by atoms with Crippen LogP contribution in [-0.2, 0) is 6.18 Å². The second kappa shape index (κ2) is 4.61. The molecular formula is C11H9F3N4. The Kier molecular flexibility index (Phi) is 3.15. The van der Waals surface area contributed by atoms with Gasteiger partial charge in [-0.3, -0.25) is 0 Å². The minimum absolute atomic E-state index is 0.282. The van der Waals surface area contributed by atoms with Gasteiger partial charge in [-0.15, -0.1) is 5.10 Å². The highest BCUT2D eigenvalue weighted by atomic mass is 19.4. The molecule has 0 saturated heterocycles. The summed E-state index contributed by atoms with van der Waals surface area (Å²) in [4.78, 5) is 0. The van der Waals surface area contributed by atoms with E-state index in [4.69, 9.17) is 5.84 Å². The fraction of sp³-hybridized carbons (Fsp3) is 0.0909. The molecule has 94 valence electrons. The molecule has 0 saturated carbocycles. The quantitative estimate of drug-likeness (QED) is 0.638. The molecule has 0 atom stereocenters. The lowest BCUT2D eigenvalue weighted by molar-refractivity contribution is -0.137. The van der Waals surface area contributed by atoms with Crippen molar-refractivity contribution in [2.75, 3.05) is 5.43 Å². The number of hydrazine groups is 1. The van der Waals surface area contributed by atoms with Crippen molar-refractivity contribution in [2.45, 2.75) is 6.18 Å². The zero-order chi connectivity index (χ0) is 13.2. The van der Waals surface area contributed by atoms with Gasteiger partial charge in [0.05, 0.1) is 11.8 Å². The van der Waals surface area contributed by atoms with Crippen LogP contribution < -0.4 is 11.3 Å². The molecule has 0 fully saturated rings. The first-order valence-corrected chi connectivity index (χ1v) is 4.97. The van der Waals surface area contributed by atoms with Crippen LogP contribution in [0.15, 0.2) is 36.5 Å². The van der Waals surface area contributed by atoms with E-state index in [0.29, 0.717) is 11.1 Å². The molecule has 3 N–H and O–H groups in total. The fourth-order valence-electron chi connectivity index (χ4n) is 1.47. The molecule has 0 unspecified atom stereocenters. The first-order valence-electron chi connectivity index (χ1n) is 4.97. The summed E-state index contributed by atoms with van der Waals surface area (Å²) >= 11 is 0. The smallest absolute Gasteiger partial charge is 0.307 e. The van der Waals surface area contributed by atoms with Gasteiger partial charge in [0.15, 0.2) is 5.82 Å². The molecule has 0 aliphatic carbocycles. The molecule has 1 aromatic heterocycles. The average Bonchev–Trinajstić information content (AvgIpc) is 2.38. The van der Waals surface area contributed by atoms with Crippen LogP contribution in [0.1, 0.15) is 5.56 Å². The van der Waals surface area contributed by atoms with E-state index in [0.717, 1.165) is 12.1 Å². The standard InChI is InChI=1S/C11H9F3N4/c12-11(13,14)9-3-1-2-7(4-9)8-5-10(17-15)18-16-6-8/h1-6H,15H2,(H,17,18). The largest absolute Gasteiger partial charge is 0.416 e. The van der Waals surface area contributed by atoms with E-state index in [1.54, 1.807) is 6.07 Å². The van der Waals surface area contributed by atoms with Gasteiger partial charge in [0.25, 0.3) is 0 Å². The van der Waals surface area contributed by atoms with E-state index in [1.165, 1.54) is 18.3 Å². The van der Waals surface area contributed by atoms with Crippen LogP contribution in [0.2, 0.25) is 0 Å². The maximum absolute atomic E-state index is 12.6. The molecule has 0 radical (unpaired) electrons. The molecule has 2 aromatic rings. The average molecular weight is 254 g/mol. The zero-order valence-electron chi connectivity index (χ0n) is 9.07. The van der Waals surface area contributed by atoms with Gasteiger partial charge in [0.2, 0.25) is 0 Å². The van der Waals surface area contributed by atoms with E-state index in [2.05, 4.69) is 15.6 Å². The van der Waals surface area contributed by atoms with Crippen LogP contribution in [0, 0.1) is 0 Å². The summed E-state index contributed by atoms with van der Waals surface area (Å²) in [5.74, 6) is 5.45. The molecule has 0 aliphatic heterocycles. The van der Waals surface area contributed by atoms with Crippen LogP contribution in [0.3, 0.4) is 0 Å². The summed E-state index contributed by atoms with van der Waals surface area (Å²) in [6.07, 6.45) is -3.00. The Bertz CT molecular complexity index is 554. The SMILES string of the molecule is NNc1cc(-c2cccc(C(F)(F)F)c2)cnn1. The first kappa shape index (κ1) is 12.3. The van der Waals surface area contributed by atoms with Crippen molar-refractivity contribution >= 4 is 5.82 Å². The van der Waals surface area contributed by atoms with Crippen LogP contribution in [-0.4, -0.2) is 10.2 Å². The van der Waals surface area contributed by atoms with E-state index >= 15 is 0 Å². The Morgan fingerprint density at radius 3 is 2.56 bits per heavy atom. The van der Waals surface area contributed by atoms with Gasteiger partial charge in [-0.1, -0.05) is 12.1 Å². The lowest BCUT2D eigenvalue weighted by Gasteiger charge is -2.09. The predicted molar refractivity (Wildman–Crippen MR) is 60.3 cm³/mol. The normalized spacial score (nSPS) is 11.3. The summed E-state index contributed by atoms with van der Waals surface area (Å²) in [6.45, 7) is 0. The molecule has 0 amide bonds. The molecule has 0 bridgehead atoms. The van der Waals surface area contributed by atoms with Crippen molar-refractivity contribution in [1.29, 1.82) is 0 Å². The van der Waals surface area contributed by atoms with Gasteiger partial charge < -0.3 is 5.43 Å². The van der Waals surface area contributed by atoms with Crippen LogP contribution in [0.25, 0.3) is 11.1 Å². The Morgan fingerprint density at radius 2 is 1.89 bits per heavy atom. The number of nitrogen functional groups attached to an aromatic ring is 1. The Balaban J connectivity index is 2.44. The number of rotatable bonds is 2. The molecule has 4 nitrogen and oxygen atoms in total. The summed E-state index contributed by atoms with van der Waals surface area (Å²) in [7, 11) is 0. The number of nitrogens with zero attached hydrogens (tertiary/aromatic N) is 2. The van der Waals surface area contributed by atoms with Crippen molar-refractivity contribution < 1.29 is 13.2 Å². The zero-order valence-corrected chi connectivity index (χ0v) is 9.07. The number of hydrogen-bond acceptors (Lipinski definition) is 4. The van der Waals surface area contributed by atoms with E-state index in [9.17, 15) is 13.2 Å². The molecule has 18 heavy (non-hydrogen) atoms. The van der Waals surface area contributed by atoms with Crippen LogP contribution in [0.5, 0.6) is 0 Å². The monoisotopic (exact) mass is 254 g/mol. The third-order valence-electron chi connectivity index (χ3n) is 2.33. The van der Waals surface area contributed by atoms with Crippen molar-refractivity contribution in [1.82, 2.24) is 10.2 Å². The van der Waals surface area contributed by atoms with Gasteiger partial charge in [0, 0.05) is 5.56 Å². The lowest BCUT2D eigenvalue weighted by Crippen LogP contribution is -2.09. The highest BCUT2D eigenvalue weighted by molar-refractivity contribution is 5.65. The topological polar surface area (TPSA) is 63.8 Å². The second-order valence-electron chi connectivity index (χ2n) is 3.55. The molecule has 0 spiro atoms. The van der Waals surface area contributed by atoms with Crippen molar-refractivity contribution in [2.24, 2.45) is 5.84 Å². The molecule has 2 rings (SSSR count). The van der Waals surface area contributed by atoms with Gasteiger partial charge in [-0.2, -0.15) is 18.3 Å². The summed E-state index contributed by atoms with van der Waals surface area (Å²) in [5.41, 5.74) is 2.48. The van der Waals surface area contributed by atoms with Crippen LogP contribution >= 0.6 is 0 Å². The van der Waals surface area contributed by atoms with Crippen molar-refractivity contribution in [3.05, 3.63) is 42.1 Å². The van der Waals surface area contributed by atoms with Gasteiger partial charge >= 0.3 is 6.18 Å². The van der Waals surface area contributed by atoms with Crippen molar-refractivity contribution in [3.8, 4) is 11.1 Å². The summed E-state index contributed by atoms with van der Waals surface area (Å²) < 4.78 is 37.7. The van der Waals surface area contributed by atoms with E-state index < -0.39 is 11.7 Å². The number of benzene rings is 1. The number of anilines is 1. The Labute approximate surface area is 101 Å². The van der Waals surface area contributed by atoms with Gasteiger partial charge in [-0.25, -0.2) is 5.84 Å². The number of aromatic nitrogens is 2.